The van der Waals surface area contributed by atoms with Crippen LogP contribution in [-0.4, -0.2) is 24.7 Å². The summed E-state index contributed by atoms with van der Waals surface area (Å²) in [5.74, 6) is 0.241. The molecule has 0 radical (unpaired) electrons. The van der Waals surface area contributed by atoms with Crippen LogP contribution in [-0.2, 0) is 13.1 Å². The van der Waals surface area contributed by atoms with E-state index in [9.17, 15) is 4.39 Å². The van der Waals surface area contributed by atoms with E-state index in [2.05, 4.69) is 20.8 Å². The number of rotatable bonds is 6. The molecule has 0 spiro atoms. The first-order chi connectivity index (χ1) is 15.8. The number of thiocarbonyl (C=S) groups is 1. The fraction of sp³-hybridized carbons (Fsp3) is 0.174. The van der Waals surface area contributed by atoms with Crippen molar-refractivity contribution in [1.82, 2.24) is 19.6 Å². The molecule has 0 aliphatic rings. The highest BCUT2D eigenvalue weighted by Crippen LogP contribution is 2.24. The summed E-state index contributed by atoms with van der Waals surface area (Å²) in [6.45, 7) is 4.55. The summed E-state index contributed by atoms with van der Waals surface area (Å²) in [5.41, 5.74) is 3.73. The molecule has 0 aliphatic heterocycles. The van der Waals surface area contributed by atoms with Gasteiger partial charge in [-0.25, -0.2) is 4.39 Å². The minimum atomic E-state index is -0.366. The third-order valence-electron chi connectivity index (χ3n) is 5.11. The molecule has 10 heteroatoms. The summed E-state index contributed by atoms with van der Waals surface area (Å²) >= 11 is 17.7. The predicted molar refractivity (Wildman–Crippen MR) is 135 cm³/mol. The van der Waals surface area contributed by atoms with Gasteiger partial charge in [0.2, 0.25) is 0 Å². The molecule has 4 rings (SSSR count). The Kier molecular flexibility index (Phi) is 6.97. The quantitative estimate of drug-likeness (QED) is 0.314. The molecule has 2 N–H and O–H groups in total. The maximum absolute atomic E-state index is 14.2. The summed E-state index contributed by atoms with van der Waals surface area (Å²) in [4.78, 5) is 0. The molecule has 0 fully saturated rings. The molecule has 0 bridgehead atoms. The van der Waals surface area contributed by atoms with Gasteiger partial charge in [-0.1, -0.05) is 41.4 Å². The van der Waals surface area contributed by atoms with Crippen LogP contribution in [0.2, 0.25) is 10.0 Å². The van der Waals surface area contributed by atoms with Gasteiger partial charge >= 0.3 is 0 Å². The maximum Gasteiger partial charge on any atom is 0.176 e. The van der Waals surface area contributed by atoms with Crippen LogP contribution in [0.4, 0.5) is 15.9 Å². The summed E-state index contributed by atoms with van der Waals surface area (Å²) in [7, 11) is 0. The second kappa shape index (κ2) is 9.91. The topological polar surface area (TPSA) is 59.7 Å². The largest absolute Gasteiger partial charge is 0.329 e. The van der Waals surface area contributed by atoms with Crippen LogP contribution in [0.1, 0.15) is 22.5 Å². The van der Waals surface area contributed by atoms with Crippen molar-refractivity contribution in [3.8, 4) is 0 Å². The average Bonchev–Trinajstić information content (AvgIpc) is 3.29. The third-order valence-corrected chi connectivity index (χ3v) is 5.90. The lowest BCUT2D eigenvalue weighted by Crippen LogP contribution is -2.20. The first kappa shape index (κ1) is 23.2. The molecule has 2 heterocycles. The molecule has 0 saturated heterocycles. The van der Waals surface area contributed by atoms with Gasteiger partial charge in [0.15, 0.2) is 10.9 Å². The number of nitrogens with one attached hydrogen (secondary N) is 2. The number of anilines is 2. The van der Waals surface area contributed by atoms with Crippen molar-refractivity contribution in [1.29, 1.82) is 0 Å². The van der Waals surface area contributed by atoms with E-state index in [0.717, 1.165) is 22.6 Å². The second-order valence-corrected chi connectivity index (χ2v) is 8.76. The van der Waals surface area contributed by atoms with Crippen LogP contribution >= 0.6 is 35.4 Å². The first-order valence-electron chi connectivity index (χ1n) is 10.1. The van der Waals surface area contributed by atoms with Crippen molar-refractivity contribution in [2.24, 2.45) is 0 Å². The van der Waals surface area contributed by atoms with E-state index in [1.54, 1.807) is 21.5 Å². The highest BCUT2D eigenvalue weighted by molar-refractivity contribution is 7.80. The zero-order valence-electron chi connectivity index (χ0n) is 17.9. The maximum atomic E-state index is 14.2. The fourth-order valence-electron chi connectivity index (χ4n) is 3.46. The van der Waals surface area contributed by atoms with E-state index in [4.69, 9.17) is 35.4 Å². The standard InChI is InChI=1S/C23H21Cl2FN6S/c1-14-22(15(2)32(29-14)13-18-19(25)7-4-8-20(18)26)28-23(33)27-21-9-10-31(30-21)12-16-5-3-6-17(24)11-16/h3-11H,12-13H2,1-2H3,(H2,27,28,30,33). The Hall–Kier alpha value is -2.94. The lowest BCUT2D eigenvalue weighted by molar-refractivity contribution is 0.579. The van der Waals surface area contributed by atoms with E-state index in [1.165, 1.54) is 6.07 Å². The number of benzene rings is 2. The highest BCUT2D eigenvalue weighted by Gasteiger charge is 2.16. The van der Waals surface area contributed by atoms with Crippen molar-refractivity contribution in [3.63, 3.8) is 0 Å². The fourth-order valence-corrected chi connectivity index (χ4v) is 4.11. The molecule has 0 amide bonds. The van der Waals surface area contributed by atoms with Gasteiger partial charge in [0, 0.05) is 27.9 Å². The molecule has 0 unspecified atom stereocenters. The molecule has 4 aromatic rings. The van der Waals surface area contributed by atoms with Gasteiger partial charge in [0.25, 0.3) is 0 Å². The number of aryl methyl sites for hydroxylation is 1. The van der Waals surface area contributed by atoms with E-state index in [-0.39, 0.29) is 12.4 Å². The molecule has 0 atom stereocenters. The van der Waals surface area contributed by atoms with Crippen LogP contribution in [0.25, 0.3) is 0 Å². The number of halogens is 3. The monoisotopic (exact) mass is 502 g/mol. The first-order valence-corrected chi connectivity index (χ1v) is 11.3. The normalized spacial score (nSPS) is 10.9. The summed E-state index contributed by atoms with van der Waals surface area (Å²) in [5, 5.41) is 16.7. The Morgan fingerprint density at radius 2 is 1.82 bits per heavy atom. The van der Waals surface area contributed by atoms with Crippen molar-refractivity contribution in [3.05, 3.63) is 93.1 Å². The minimum absolute atomic E-state index is 0.216. The Morgan fingerprint density at radius 1 is 1.03 bits per heavy atom. The predicted octanol–water partition coefficient (Wildman–Crippen LogP) is 6.05. The van der Waals surface area contributed by atoms with Gasteiger partial charge in [0.05, 0.1) is 30.2 Å². The van der Waals surface area contributed by atoms with Crippen LogP contribution in [0.3, 0.4) is 0 Å². The summed E-state index contributed by atoms with van der Waals surface area (Å²) in [6, 6.07) is 14.1. The zero-order valence-corrected chi connectivity index (χ0v) is 20.3. The SMILES string of the molecule is Cc1nn(Cc2c(F)cccc2Cl)c(C)c1NC(=S)Nc1ccn(Cc2cccc(Cl)c2)n1. The molecule has 33 heavy (non-hydrogen) atoms. The second-order valence-electron chi connectivity index (χ2n) is 7.51. The van der Waals surface area contributed by atoms with Crippen LogP contribution in [0, 0.1) is 19.7 Å². The van der Waals surface area contributed by atoms with Crippen LogP contribution < -0.4 is 10.6 Å². The Bertz CT molecular complexity index is 1300. The zero-order chi connectivity index (χ0) is 23.5. The van der Waals surface area contributed by atoms with Crippen LogP contribution in [0.5, 0.6) is 0 Å². The minimum Gasteiger partial charge on any atom is -0.329 e. The van der Waals surface area contributed by atoms with Gasteiger partial charge < -0.3 is 10.6 Å². The lowest BCUT2D eigenvalue weighted by Gasteiger charge is -2.11. The molecular weight excluding hydrogens is 482 g/mol. The van der Waals surface area contributed by atoms with Crippen molar-refractivity contribution in [2.75, 3.05) is 10.6 Å². The molecule has 2 aromatic heterocycles. The number of hydrogen-bond donors (Lipinski definition) is 2. The smallest absolute Gasteiger partial charge is 0.176 e. The van der Waals surface area contributed by atoms with Crippen molar-refractivity contribution in [2.45, 2.75) is 26.9 Å². The molecule has 0 aliphatic carbocycles. The molecule has 2 aromatic carbocycles. The van der Waals surface area contributed by atoms with Crippen LogP contribution in [0.15, 0.2) is 54.7 Å². The molecule has 170 valence electrons. The van der Waals surface area contributed by atoms with Gasteiger partial charge in [-0.15, -0.1) is 0 Å². The molecule has 6 nitrogen and oxygen atoms in total. The van der Waals surface area contributed by atoms with E-state index in [1.807, 2.05) is 50.4 Å². The van der Waals surface area contributed by atoms with Gasteiger partial charge in [-0.2, -0.15) is 10.2 Å². The van der Waals surface area contributed by atoms with E-state index >= 15 is 0 Å². The number of nitrogens with zero attached hydrogens (tertiary/aromatic N) is 4. The Balaban J connectivity index is 1.42. The van der Waals surface area contributed by atoms with Gasteiger partial charge in [-0.05, 0) is 55.9 Å². The Morgan fingerprint density at radius 3 is 2.58 bits per heavy atom. The van der Waals surface area contributed by atoms with E-state index < -0.39 is 0 Å². The van der Waals surface area contributed by atoms with E-state index in [0.29, 0.717) is 33.1 Å². The highest BCUT2D eigenvalue weighted by atomic mass is 35.5. The van der Waals surface area contributed by atoms with Crippen molar-refractivity contribution >= 4 is 52.0 Å². The molecule has 0 saturated carbocycles. The molecular formula is C23H21Cl2FN6S. The average molecular weight is 503 g/mol. The number of aromatic nitrogens is 4. The summed E-state index contributed by atoms with van der Waals surface area (Å²) in [6.07, 6.45) is 1.86. The van der Waals surface area contributed by atoms with Gasteiger partial charge in [0.1, 0.15) is 5.82 Å². The van der Waals surface area contributed by atoms with Gasteiger partial charge in [-0.3, -0.25) is 9.36 Å². The number of hydrogen-bond acceptors (Lipinski definition) is 3. The van der Waals surface area contributed by atoms with Crippen molar-refractivity contribution < 1.29 is 4.39 Å². The summed E-state index contributed by atoms with van der Waals surface area (Å²) < 4.78 is 17.7. The Labute approximate surface area is 206 Å². The third kappa shape index (κ3) is 5.52. The lowest BCUT2D eigenvalue weighted by atomic mass is 10.2.